The number of piperidine rings is 1. The number of aromatic nitrogens is 3. The molecule has 4 fully saturated rings. The van der Waals surface area contributed by atoms with E-state index >= 15 is 4.39 Å². The summed E-state index contributed by atoms with van der Waals surface area (Å²) in [5.74, 6) is 0.442. The number of amides is 1. The average molecular weight is 629 g/mol. The Bertz CT molecular complexity index is 1910. The van der Waals surface area contributed by atoms with Crippen molar-refractivity contribution in [3.05, 3.63) is 54.0 Å². The molecule has 2 aromatic heterocycles. The summed E-state index contributed by atoms with van der Waals surface area (Å²) in [5, 5.41) is 5.54. The summed E-state index contributed by atoms with van der Waals surface area (Å²) in [6, 6.07) is 11.9. The van der Waals surface area contributed by atoms with E-state index in [9.17, 15) is 9.18 Å². The van der Waals surface area contributed by atoms with Gasteiger partial charge in [-0.15, -0.1) is 0 Å². The molecule has 9 nitrogen and oxygen atoms in total. The highest BCUT2D eigenvalue weighted by molar-refractivity contribution is 6.00. The van der Waals surface area contributed by atoms with Gasteiger partial charge in [-0.1, -0.05) is 43.3 Å². The SMILES string of the molecule is CC1[C@H]2CN3C[C@@]12NC(=O)OCCCc1cccc2cccc(c12)-c1ncc2c3nc(OC[C@@]34CCCN3C[C@H](F)C4)nc2c1F.[HH]. The van der Waals surface area contributed by atoms with Crippen molar-refractivity contribution in [2.45, 2.75) is 56.3 Å². The Hall–Kier alpha value is -4.12. The van der Waals surface area contributed by atoms with Crippen LogP contribution in [0.15, 0.2) is 42.6 Å². The summed E-state index contributed by atoms with van der Waals surface area (Å²) in [6.07, 6.45) is 3.87. The summed E-state index contributed by atoms with van der Waals surface area (Å²) in [7, 11) is 0. The van der Waals surface area contributed by atoms with Crippen molar-refractivity contribution in [2.24, 2.45) is 11.8 Å². The number of ether oxygens (including phenoxy) is 2. The molecule has 46 heavy (non-hydrogen) atoms. The van der Waals surface area contributed by atoms with Gasteiger partial charge in [0.1, 0.15) is 29.8 Å². The van der Waals surface area contributed by atoms with E-state index in [1.54, 1.807) is 6.20 Å². The third-order valence-electron chi connectivity index (χ3n) is 11.4. The lowest BCUT2D eigenvalue weighted by atomic mass is 9.94. The quantitative estimate of drug-likeness (QED) is 0.310. The van der Waals surface area contributed by atoms with Gasteiger partial charge in [0, 0.05) is 45.2 Å². The van der Waals surface area contributed by atoms with Crippen molar-refractivity contribution in [1.82, 2.24) is 25.2 Å². The molecule has 6 bridgehead atoms. The average Bonchev–Trinajstić information content (AvgIpc) is 3.44. The van der Waals surface area contributed by atoms with E-state index in [1.165, 1.54) is 0 Å². The van der Waals surface area contributed by atoms with Gasteiger partial charge in [-0.3, -0.25) is 9.88 Å². The number of anilines is 1. The van der Waals surface area contributed by atoms with Crippen LogP contribution in [0.25, 0.3) is 32.9 Å². The number of halogens is 2. The molecule has 6 aliphatic rings. The van der Waals surface area contributed by atoms with Gasteiger partial charge in [0.2, 0.25) is 0 Å². The second kappa shape index (κ2) is 10.2. The normalized spacial score (nSPS) is 30.4. The van der Waals surface area contributed by atoms with Crippen molar-refractivity contribution >= 4 is 33.6 Å². The number of carbonyl (C=O) groups excluding carboxylic acids is 1. The highest BCUT2D eigenvalue weighted by atomic mass is 19.1. The number of nitrogens with zero attached hydrogens (tertiary/aromatic N) is 5. The molecule has 240 valence electrons. The molecule has 1 spiro atoms. The number of hydrogen-bond donors (Lipinski definition) is 1. The molecule has 11 heteroatoms. The number of rotatable bonds is 3. The van der Waals surface area contributed by atoms with Crippen LogP contribution in [0, 0.1) is 17.7 Å². The molecule has 1 saturated carbocycles. The molecule has 5 aliphatic heterocycles. The first-order valence-electron chi connectivity index (χ1n) is 16.4. The molecule has 1 amide bonds. The van der Waals surface area contributed by atoms with Gasteiger partial charge < -0.3 is 19.7 Å². The molecule has 4 aromatic rings. The van der Waals surface area contributed by atoms with Crippen LogP contribution in [0.4, 0.5) is 19.4 Å². The lowest BCUT2D eigenvalue weighted by molar-refractivity contribution is 0.107. The molecular formula is C35H38F2N6O3. The van der Waals surface area contributed by atoms with E-state index in [2.05, 4.69) is 27.0 Å². The van der Waals surface area contributed by atoms with Crippen molar-refractivity contribution in [3.8, 4) is 17.3 Å². The Kier molecular flexibility index (Phi) is 6.23. The molecular weight excluding hydrogens is 590 g/mol. The number of carbonyl (C=O) groups is 1. The number of hydrogen-bond acceptors (Lipinski definition) is 8. The second-order valence-electron chi connectivity index (χ2n) is 13.9. The summed E-state index contributed by atoms with van der Waals surface area (Å²) < 4.78 is 43.4. The first-order valence-corrected chi connectivity index (χ1v) is 16.4. The Morgan fingerprint density at radius 1 is 1.17 bits per heavy atom. The Morgan fingerprint density at radius 3 is 2.93 bits per heavy atom. The predicted molar refractivity (Wildman–Crippen MR) is 171 cm³/mol. The maximum atomic E-state index is 16.9. The highest BCUT2D eigenvalue weighted by Gasteiger charge is 2.68. The molecule has 10 rings (SSSR count). The lowest BCUT2D eigenvalue weighted by Crippen LogP contribution is -2.44. The van der Waals surface area contributed by atoms with Crippen molar-refractivity contribution in [2.75, 3.05) is 44.3 Å². The fraction of sp³-hybridized carbons (Fsp3) is 0.486. The maximum Gasteiger partial charge on any atom is 0.407 e. The molecule has 7 heterocycles. The van der Waals surface area contributed by atoms with Gasteiger partial charge in [-0.2, -0.15) is 9.97 Å². The first-order chi connectivity index (χ1) is 22.3. The number of alkyl halides is 1. The van der Waals surface area contributed by atoms with E-state index in [1.807, 2.05) is 36.4 Å². The summed E-state index contributed by atoms with van der Waals surface area (Å²) >= 11 is 0. The van der Waals surface area contributed by atoms with Gasteiger partial charge in [0.25, 0.3) is 0 Å². The molecule has 2 aromatic carbocycles. The standard InChI is InChI=1S/C35H36F2N6O3.H2/c1-20-26-17-42-18-35(20,26)41-33(44)45-13-4-9-22-7-2-6-21-8-3-10-24(27(21)22)29-28(37)30-25(15-38-29)31(42)40-32(39-30)46-19-34-11-5-12-43(34)16-23(36)14-34;/h2-3,6-8,10,15,20,23,26H,4-5,9,11-14,16-19H2,1H3,(H,41,44);1H/t20?,23-,26-,34+,35-;/m1./s1. The van der Waals surface area contributed by atoms with Crippen LogP contribution in [0.3, 0.4) is 0 Å². The minimum absolute atomic E-state index is 0. The van der Waals surface area contributed by atoms with E-state index in [0.717, 1.165) is 35.7 Å². The number of pyridine rings is 1. The zero-order valence-electron chi connectivity index (χ0n) is 25.8. The third-order valence-corrected chi connectivity index (χ3v) is 11.4. The number of nitrogens with one attached hydrogen (secondary N) is 1. The van der Waals surface area contributed by atoms with Crippen LogP contribution < -0.4 is 15.0 Å². The Morgan fingerprint density at radius 2 is 2.04 bits per heavy atom. The van der Waals surface area contributed by atoms with Gasteiger partial charge >= 0.3 is 12.1 Å². The second-order valence-corrected chi connectivity index (χ2v) is 13.9. The Labute approximate surface area is 266 Å². The van der Waals surface area contributed by atoms with Crippen LogP contribution in [0.2, 0.25) is 0 Å². The van der Waals surface area contributed by atoms with E-state index in [0.29, 0.717) is 55.7 Å². The Balaban J connectivity index is 0.00000324. The zero-order valence-corrected chi connectivity index (χ0v) is 25.8. The van der Waals surface area contributed by atoms with Crippen LogP contribution >= 0.6 is 0 Å². The van der Waals surface area contributed by atoms with Crippen LogP contribution in [0.5, 0.6) is 6.01 Å². The number of aryl methyl sites for hydroxylation is 1. The van der Waals surface area contributed by atoms with Gasteiger partial charge in [-0.05, 0) is 54.5 Å². The predicted octanol–water partition coefficient (Wildman–Crippen LogP) is 5.68. The molecule has 1 N–H and O–H groups in total. The number of fused-ring (bicyclic) bond motifs is 7. The molecule has 1 aliphatic carbocycles. The van der Waals surface area contributed by atoms with E-state index < -0.39 is 29.2 Å². The lowest BCUT2D eigenvalue weighted by Gasteiger charge is -2.31. The maximum absolute atomic E-state index is 16.9. The van der Waals surface area contributed by atoms with Crippen LogP contribution in [-0.2, 0) is 11.2 Å². The molecule has 0 radical (unpaired) electrons. The third kappa shape index (κ3) is 4.19. The monoisotopic (exact) mass is 628 g/mol. The van der Waals surface area contributed by atoms with E-state index in [-0.39, 0.29) is 43.7 Å². The summed E-state index contributed by atoms with van der Waals surface area (Å²) in [4.78, 5) is 31.5. The van der Waals surface area contributed by atoms with Gasteiger partial charge in [0.05, 0.1) is 23.1 Å². The van der Waals surface area contributed by atoms with Crippen molar-refractivity contribution in [3.63, 3.8) is 0 Å². The molecule has 3 saturated heterocycles. The molecule has 1 unspecified atom stereocenters. The minimum Gasteiger partial charge on any atom is -0.461 e. The fourth-order valence-corrected chi connectivity index (χ4v) is 8.97. The fourth-order valence-electron chi connectivity index (χ4n) is 8.97. The van der Waals surface area contributed by atoms with Crippen LogP contribution in [-0.4, -0.2) is 82.6 Å². The van der Waals surface area contributed by atoms with Crippen molar-refractivity contribution < 1.29 is 24.5 Å². The summed E-state index contributed by atoms with van der Waals surface area (Å²) in [5.41, 5.74) is 1.19. The van der Waals surface area contributed by atoms with Gasteiger partial charge in [0.15, 0.2) is 5.82 Å². The highest BCUT2D eigenvalue weighted by Crippen LogP contribution is 2.56. The first kappa shape index (κ1) is 28.1. The number of benzene rings is 2. The topological polar surface area (TPSA) is 92.7 Å². The van der Waals surface area contributed by atoms with Crippen LogP contribution in [0.1, 0.15) is 39.6 Å². The smallest absolute Gasteiger partial charge is 0.407 e. The minimum atomic E-state index is -0.890. The zero-order chi connectivity index (χ0) is 31.2. The van der Waals surface area contributed by atoms with Crippen molar-refractivity contribution in [1.29, 1.82) is 0 Å². The molecule has 5 atom stereocenters. The summed E-state index contributed by atoms with van der Waals surface area (Å²) in [6.45, 7) is 5.03. The van der Waals surface area contributed by atoms with E-state index in [4.69, 9.17) is 19.4 Å². The largest absolute Gasteiger partial charge is 0.461 e. The number of alkyl carbamates (subject to hydrolysis) is 1. The van der Waals surface area contributed by atoms with Gasteiger partial charge in [-0.25, -0.2) is 13.6 Å².